The van der Waals surface area contributed by atoms with Crippen molar-refractivity contribution in [3.8, 4) is 0 Å². The maximum absolute atomic E-state index is 4.09. The summed E-state index contributed by atoms with van der Waals surface area (Å²) in [5, 5.41) is 3.64. The predicted octanol–water partition coefficient (Wildman–Crippen LogP) is 4.05. The minimum absolute atomic E-state index is 0.401. The molecule has 2 aromatic rings. The van der Waals surface area contributed by atoms with E-state index in [9.17, 15) is 0 Å². The Balaban J connectivity index is 1.95. The Morgan fingerprint density at radius 3 is 2.72 bits per heavy atom. The molecule has 0 saturated carbocycles. The van der Waals surface area contributed by atoms with Gasteiger partial charge in [0.15, 0.2) is 0 Å². The summed E-state index contributed by atoms with van der Waals surface area (Å²) in [5.74, 6) is 0.597. The Labute approximate surface area is 108 Å². The molecule has 18 heavy (non-hydrogen) atoms. The molecule has 2 unspecified atom stereocenters. The van der Waals surface area contributed by atoms with Gasteiger partial charge < -0.3 is 5.32 Å². The number of nitrogens with one attached hydrogen (secondary N) is 1. The van der Waals surface area contributed by atoms with Crippen molar-refractivity contribution in [2.24, 2.45) is 0 Å². The minimum atomic E-state index is 0.401. The summed E-state index contributed by atoms with van der Waals surface area (Å²) in [6.45, 7) is 4.47. The molecule has 2 heteroatoms. The van der Waals surface area contributed by atoms with Crippen molar-refractivity contribution < 1.29 is 0 Å². The third-order valence-corrected chi connectivity index (χ3v) is 3.77. The molecular weight excluding hydrogens is 220 g/mol. The zero-order chi connectivity index (χ0) is 12.5. The van der Waals surface area contributed by atoms with Gasteiger partial charge in [0.25, 0.3) is 0 Å². The molecule has 0 saturated heterocycles. The van der Waals surface area contributed by atoms with E-state index in [-0.39, 0.29) is 0 Å². The number of fused-ring (bicyclic) bond motifs is 1. The average molecular weight is 238 g/mol. The highest BCUT2D eigenvalue weighted by Gasteiger charge is 2.24. The van der Waals surface area contributed by atoms with Crippen LogP contribution in [0, 0.1) is 6.92 Å². The Hall–Kier alpha value is -1.83. The third-order valence-electron chi connectivity index (χ3n) is 3.77. The lowest BCUT2D eigenvalue weighted by atomic mass is 9.85. The van der Waals surface area contributed by atoms with Crippen LogP contribution in [0.4, 0.5) is 5.69 Å². The highest BCUT2D eigenvalue weighted by atomic mass is 14.9. The summed E-state index contributed by atoms with van der Waals surface area (Å²) in [6.07, 6.45) is 4.87. The lowest BCUT2D eigenvalue weighted by molar-refractivity contribution is 0.578. The van der Waals surface area contributed by atoms with E-state index in [0.717, 1.165) is 6.42 Å². The number of nitrogens with zero attached hydrogens (tertiary/aromatic N) is 1. The molecule has 2 nitrogen and oxygen atoms in total. The number of hydrogen-bond acceptors (Lipinski definition) is 2. The fourth-order valence-electron chi connectivity index (χ4n) is 2.76. The number of rotatable bonds is 1. The van der Waals surface area contributed by atoms with Gasteiger partial charge in [0, 0.05) is 18.1 Å². The minimum Gasteiger partial charge on any atom is -0.378 e. The van der Waals surface area contributed by atoms with Gasteiger partial charge in [0.05, 0.1) is 6.04 Å². The molecule has 1 aromatic heterocycles. The molecule has 0 radical (unpaired) electrons. The van der Waals surface area contributed by atoms with Crippen LogP contribution in [0.15, 0.2) is 42.7 Å². The van der Waals surface area contributed by atoms with Gasteiger partial charge in [0.1, 0.15) is 0 Å². The van der Waals surface area contributed by atoms with Crippen molar-refractivity contribution in [1.29, 1.82) is 0 Å². The number of hydrogen-bond donors (Lipinski definition) is 1. The van der Waals surface area contributed by atoms with Crippen molar-refractivity contribution in [3.05, 3.63) is 59.4 Å². The normalized spacial score (nSPS) is 22.1. The number of anilines is 1. The maximum atomic E-state index is 4.09. The van der Waals surface area contributed by atoms with E-state index < -0.39 is 0 Å². The fraction of sp³-hybridized carbons (Fsp3) is 0.312. The molecule has 92 valence electrons. The predicted molar refractivity (Wildman–Crippen MR) is 74.8 cm³/mol. The molecule has 1 aliphatic heterocycles. The summed E-state index contributed by atoms with van der Waals surface area (Å²) >= 11 is 0. The summed E-state index contributed by atoms with van der Waals surface area (Å²) in [7, 11) is 0. The highest BCUT2D eigenvalue weighted by molar-refractivity contribution is 5.57. The van der Waals surface area contributed by atoms with E-state index in [1.807, 2.05) is 12.4 Å². The van der Waals surface area contributed by atoms with E-state index in [4.69, 9.17) is 0 Å². The third kappa shape index (κ3) is 1.99. The van der Waals surface area contributed by atoms with Crippen LogP contribution in [-0.2, 0) is 0 Å². The summed E-state index contributed by atoms with van der Waals surface area (Å²) < 4.78 is 0. The van der Waals surface area contributed by atoms with Gasteiger partial charge in [0.2, 0.25) is 0 Å². The first kappa shape index (κ1) is 11.3. The molecule has 0 amide bonds. The van der Waals surface area contributed by atoms with E-state index in [0.29, 0.717) is 12.0 Å². The van der Waals surface area contributed by atoms with E-state index in [2.05, 4.69) is 54.5 Å². The van der Waals surface area contributed by atoms with Crippen molar-refractivity contribution in [3.63, 3.8) is 0 Å². The van der Waals surface area contributed by atoms with Crippen LogP contribution in [0.5, 0.6) is 0 Å². The van der Waals surface area contributed by atoms with Gasteiger partial charge >= 0.3 is 0 Å². The summed E-state index contributed by atoms with van der Waals surface area (Å²) in [4.78, 5) is 4.09. The molecule has 0 spiro atoms. The van der Waals surface area contributed by atoms with Crippen molar-refractivity contribution in [2.75, 3.05) is 5.32 Å². The molecule has 2 atom stereocenters. The van der Waals surface area contributed by atoms with Gasteiger partial charge in [-0.2, -0.15) is 0 Å². The SMILES string of the molecule is Cc1ccc2c(c1)C(C)CC(c1ccncc1)N2. The van der Waals surface area contributed by atoms with Crippen molar-refractivity contribution >= 4 is 5.69 Å². The van der Waals surface area contributed by atoms with E-state index in [1.54, 1.807) is 0 Å². The molecule has 1 N–H and O–H groups in total. The summed E-state index contributed by atoms with van der Waals surface area (Å²) in [5.41, 5.74) is 5.38. The van der Waals surface area contributed by atoms with E-state index in [1.165, 1.54) is 22.4 Å². The van der Waals surface area contributed by atoms with Crippen LogP contribution in [0.2, 0.25) is 0 Å². The van der Waals surface area contributed by atoms with Gasteiger partial charge in [-0.05, 0) is 48.6 Å². The van der Waals surface area contributed by atoms with Gasteiger partial charge in [-0.25, -0.2) is 0 Å². The first-order valence-corrected chi connectivity index (χ1v) is 6.51. The molecule has 0 fully saturated rings. The molecule has 0 aliphatic carbocycles. The quantitative estimate of drug-likeness (QED) is 0.810. The zero-order valence-electron chi connectivity index (χ0n) is 10.9. The molecule has 0 bridgehead atoms. The smallest absolute Gasteiger partial charge is 0.0520 e. The Kier molecular flexibility index (Phi) is 2.78. The van der Waals surface area contributed by atoms with Gasteiger partial charge in [-0.3, -0.25) is 4.98 Å². The van der Waals surface area contributed by atoms with Crippen LogP contribution in [0.3, 0.4) is 0 Å². The average Bonchev–Trinajstić information content (AvgIpc) is 2.40. The van der Waals surface area contributed by atoms with Crippen LogP contribution >= 0.6 is 0 Å². The topological polar surface area (TPSA) is 24.9 Å². The Bertz CT molecular complexity index is 548. The Morgan fingerprint density at radius 1 is 1.17 bits per heavy atom. The van der Waals surface area contributed by atoms with Crippen molar-refractivity contribution in [2.45, 2.75) is 32.2 Å². The number of aryl methyl sites for hydroxylation is 1. The lowest BCUT2D eigenvalue weighted by Crippen LogP contribution is -2.20. The maximum Gasteiger partial charge on any atom is 0.0520 e. The number of benzene rings is 1. The first-order chi connectivity index (χ1) is 8.74. The lowest BCUT2D eigenvalue weighted by Gasteiger charge is -2.32. The standard InChI is InChI=1S/C16H18N2/c1-11-3-4-15-14(9-11)12(2)10-16(18-15)13-5-7-17-8-6-13/h3-9,12,16,18H,10H2,1-2H3. The monoisotopic (exact) mass is 238 g/mol. The molecular formula is C16H18N2. The second-order valence-electron chi connectivity index (χ2n) is 5.20. The molecule has 3 rings (SSSR count). The zero-order valence-corrected chi connectivity index (χ0v) is 10.9. The van der Waals surface area contributed by atoms with Crippen LogP contribution in [-0.4, -0.2) is 4.98 Å². The highest BCUT2D eigenvalue weighted by Crippen LogP contribution is 2.39. The van der Waals surface area contributed by atoms with E-state index >= 15 is 0 Å². The first-order valence-electron chi connectivity index (χ1n) is 6.51. The second kappa shape index (κ2) is 4.45. The molecule has 1 aliphatic rings. The fourth-order valence-corrected chi connectivity index (χ4v) is 2.76. The summed E-state index contributed by atoms with van der Waals surface area (Å²) in [6, 6.07) is 11.3. The van der Waals surface area contributed by atoms with Crippen LogP contribution in [0.25, 0.3) is 0 Å². The number of pyridine rings is 1. The van der Waals surface area contributed by atoms with Gasteiger partial charge in [-0.15, -0.1) is 0 Å². The van der Waals surface area contributed by atoms with Gasteiger partial charge in [-0.1, -0.05) is 24.6 Å². The number of aromatic nitrogens is 1. The molecule has 1 aromatic carbocycles. The molecule has 2 heterocycles. The second-order valence-corrected chi connectivity index (χ2v) is 5.20. The van der Waals surface area contributed by atoms with Crippen LogP contribution < -0.4 is 5.32 Å². The van der Waals surface area contributed by atoms with Crippen molar-refractivity contribution in [1.82, 2.24) is 4.98 Å². The largest absolute Gasteiger partial charge is 0.378 e. The van der Waals surface area contributed by atoms with Crippen LogP contribution in [0.1, 0.15) is 42.0 Å². The Morgan fingerprint density at radius 2 is 1.94 bits per heavy atom.